The maximum absolute atomic E-state index is 17.8. The lowest BCUT2D eigenvalue weighted by molar-refractivity contribution is -0.136. The lowest BCUT2D eigenvalue weighted by atomic mass is 9.94. The smallest absolute Gasteiger partial charge is 0.319 e. The summed E-state index contributed by atoms with van der Waals surface area (Å²) in [6.07, 6.45) is 7.26. The summed E-state index contributed by atoms with van der Waals surface area (Å²) < 4.78 is 52.8. The largest absolute Gasteiger partial charge is 0.468 e. The topological polar surface area (TPSA) is 184 Å². The third kappa shape index (κ3) is 10.7. The van der Waals surface area contributed by atoms with E-state index in [9.17, 15) is 19.2 Å². The van der Waals surface area contributed by atoms with Gasteiger partial charge in [-0.2, -0.15) is 15.1 Å². The van der Waals surface area contributed by atoms with Gasteiger partial charge in [0.15, 0.2) is 18.3 Å². The first-order valence-electron chi connectivity index (χ1n) is 28.2. The number of ether oxygens (including phenoxy) is 3. The summed E-state index contributed by atoms with van der Waals surface area (Å²) in [5, 5.41) is 8.76. The number of halogens is 3. The molecule has 6 aromatic rings. The molecule has 0 radical (unpaired) electrons. The van der Waals surface area contributed by atoms with Crippen LogP contribution in [0.5, 0.6) is 11.8 Å². The number of likely N-dealkylation sites (tertiary alicyclic amines) is 1. The van der Waals surface area contributed by atoms with E-state index in [1.54, 1.807) is 48.1 Å². The number of hydrogen-bond acceptors (Lipinski definition) is 15. The molecular weight excluding hydrogens is 1060 g/mol. The van der Waals surface area contributed by atoms with Gasteiger partial charge in [-0.05, 0) is 122 Å². The van der Waals surface area contributed by atoms with E-state index in [1.165, 1.54) is 18.1 Å². The number of fused-ring (bicyclic) bond motifs is 4. The van der Waals surface area contributed by atoms with Gasteiger partial charge < -0.3 is 38.7 Å². The second kappa shape index (κ2) is 22.4. The fourth-order valence-corrected chi connectivity index (χ4v) is 12.9. The van der Waals surface area contributed by atoms with Gasteiger partial charge in [0, 0.05) is 115 Å². The molecule has 1 aliphatic carbocycles. The maximum Gasteiger partial charge on any atom is 0.319 e. The Kier molecular flexibility index (Phi) is 15.0. The number of carbonyl (C=O) groups excluding carboxylic acids is 4. The van der Waals surface area contributed by atoms with Gasteiger partial charge in [-0.15, -0.1) is 0 Å². The molecule has 4 fully saturated rings. The number of nitrogens with zero attached hydrogens (tertiary/aromatic N) is 11. The van der Waals surface area contributed by atoms with Crippen LogP contribution in [0.15, 0.2) is 48.7 Å². The van der Waals surface area contributed by atoms with E-state index in [4.69, 9.17) is 40.8 Å². The lowest BCUT2D eigenvalue weighted by Gasteiger charge is -2.40. The second-order valence-corrected chi connectivity index (χ2v) is 23.2. The molecule has 22 heteroatoms. The number of benzene rings is 3. The van der Waals surface area contributed by atoms with Crippen LogP contribution < -0.4 is 24.6 Å². The summed E-state index contributed by atoms with van der Waals surface area (Å²) in [5.74, 6) is -0.911. The minimum Gasteiger partial charge on any atom is -0.468 e. The van der Waals surface area contributed by atoms with Gasteiger partial charge in [0.2, 0.25) is 11.8 Å². The highest BCUT2D eigenvalue weighted by Crippen LogP contribution is 2.48. The maximum atomic E-state index is 17.8. The molecule has 1 atom stereocenters. The second-order valence-electron chi connectivity index (χ2n) is 22.9. The quantitative estimate of drug-likeness (QED) is 0.0766. The number of aromatic nitrogens is 5. The van der Waals surface area contributed by atoms with Crippen molar-refractivity contribution in [3.63, 3.8) is 0 Å². The van der Waals surface area contributed by atoms with Crippen LogP contribution in [0.1, 0.15) is 89.5 Å². The summed E-state index contributed by atoms with van der Waals surface area (Å²) >= 11 is 6.94. The summed E-state index contributed by atoms with van der Waals surface area (Å²) in [7, 11) is 4.81. The molecule has 0 spiro atoms. The number of methoxy groups -OCH3 is 1. The number of piperazine rings is 1. The first kappa shape index (κ1) is 54.5. The highest BCUT2D eigenvalue weighted by Gasteiger charge is 2.46. The molecule has 5 aliphatic heterocycles. The fourth-order valence-electron chi connectivity index (χ4n) is 12.6. The van der Waals surface area contributed by atoms with Crippen LogP contribution >= 0.6 is 11.6 Å². The molecule has 3 aromatic carbocycles. The zero-order valence-corrected chi connectivity index (χ0v) is 47.0. The first-order chi connectivity index (χ1) is 39.2. The Morgan fingerprint density at radius 2 is 1.69 bits per heavy atom. The molecule has 81 heavy (non-hydrogen) atoms. The van der Waals surface area contributed by atoms with E-state index in [0.717, 1.165) is 89.3 Å². The van der Waals surface area contributed by atoms with E-state index >= 15 is 8.78 Å². The number of rotatable bonds is 16. The molecule has 6 aliphatic rings. The van der Waals surface area contributed by atoms with Crippen LogP contribution in [0, 0.1) is 23.0 Å². The van der Waals surface area contributed by atoms with Crippen LogP contribution in [-0.4, -0.2) is 168 Å². The zero-order chi connectivity index (χ0) is 56.3. The molecule has 426 valence electrons. The minimum atomic E-state index is -0.723. The number of anilines is 2. The van der Waals surface area contributed by atoms with Gasteiger partial charge in [-0.25, -0.2) is 8.78 Å². The molecule has 19 nitrogen and oxygen atoms in total. The van der Waals surface area contributed by atoms with Crippen molar-refractivity contribution in [1.82, 2.24) is 49.6 Å². The molecule has 1 saturated carbocycles. The molecule has 0 unspecified atom stereocenters. The van der Waals surface area contributed by atoms with Gasteiger partial charge in [0.25, 0.3) is 11.8 Å². The van der Waals surface area contributed by atoms with Gasteiger partial charge in [0.05, 0.1) is 29.3 Å². The van der Waals surface area contributed by atoms with E-state index in [-0.39, 0.29) is 70.8 Å². The van der Waals surface area contributed by atoms with Gasteiger partial charge in [-0.1, -0.05) is 24.6 Å². The van der Waals surface area contributed by atoms with E-state index < -0.39 is 23.6 Å². The molecule has 12 rings (SSSR count). The lowest BCUT2D eigenvalue weighted by Crippen LogP contribution is -2.52. The summed E-state index contributed by atoms with van der Waals surface area (Å²) in [6, 6.07) is 11.9. The van der Waals surface area contributed by atoms with Crippen LogP contribution in [0.2, 0.25) is 5.02 Å². The van der Waals surface area contributed by atoms with Gasteiger partial charge in [-0.3, -0.25) is 39.1 Å². The predicted octanol–water partition coefficient (Wildman–Crippen LogP) is 7.08. The molecule has 4 amide bonds. The van der Waals surface area contributed by atoms with E-state index in [2.05, 4.69) is 31.2 Å². The van der Waals surface area contributed by atoms with Crippen molar-refractivity contribution >= 4 is 68.4 Å². The van der Waals surface area contributed by atoms with Crippen LogP contribution in [0.3, 0.4) is 0 Å². The van der Waals surface area contributed by atoms with Crippen molar-refractivity contribution in [1.29, 1.82) is 0 Å². The fraction of sp³-hybridized carbons (Fsp3) is 0.492. The summed E-state index contributed by atoms with van der Waals surface area (Å²) in [6.45, 7) is 11.3. The Morgan fingerprint density at radius 3 is 2.43 bits per heavy atom. The van der Waals surface area contributed by atoms with E-state index in [1.807, 2.05) is 24.0 Å². The first-order valence-corrected chi connectivity index (χ1v) is 28.6. The number of nitrogens with one attached hydrogen (secondary N) is 1. The summed E-state index contributed by atoms with van der Waals surface area (Å²) in [5.41, 5.74) is 4.03. The van der Waals surface area contributed by atoms with Crippen LogP contribution in [0.4, 0.5) is 20.3 Å². The third-order valence-corrected chi connectivity index (χ3v) is 17.7. The molecule has 8 heterocycles. The average molecular weight is 1130 g/mol. The zero-order valence-electron chi connectivity index (χ0n) is 46.2. The number of piperidine rings is 2. The van der Waals surface area contributed by atoms with Gasteiger partial charge >= 0.3 is 6.01 Å². The minimum absolute atomic E-state index is 0.00696. The number of pyridine rings is 1. The average Bonchev–Trinajstić information content (AvgIpc) is 4.29. The number of imide groups is 1. The highest BCUT2D eigenvalue weighted by molar-refractivity contribution is 6.34. The molecule has 3 saturated heterocycles. The van der Waals surface area contributed by atoms with Crippen molar-refractivity contribution in [2.75, 3.05) is 103 Å². The van der Waals surface area contributed by atoms with Crippen molar-refractivity contribution in [3.05, 3.63) is 93.4 Å². The van der Waals surface area contributed by atoms with Crippen molar-refractivity contribution < 1.29 is 42.2 Å². The van der Waals surface area contributed by atoms with Crippen LogP contribution in [0.25, 0.3) is 32.9 Å². The molecule has 3 aromatic heterocycles. The Labute approximate surface area is 473 Å². The van der Waals surface area contributed by atoms with E-state index in [0.29, 0.717) is 102 Å². The Morgan fingerprint density at radius 1 is 0.889 bits per heavy atom. The summed E-state index contributed by atoms with van der Waals surface area (Å²) in [4.78, 5) is 77.9. The third-order valence-electron chi connectivity index (χ3n) is 17.3. The SMILES string of the molecule is CCc1c(F)ccc2cc(OCOC)cc(-c3ncc4c(N5CCCn6nc(C(=O)N(C)C)c(Cl)c6C5)nc(OCC5(CN6CCC(CN7CCN(c8ccc9c(c8)CN([C@@H]8CCC(=O)NC8=O)C9=O)CC7)CC6)CC5)nc4c3F)c12. The standard InChI is InChI=1S/C59H67ClF2N12O7/c1-5-40-44(61)10-7-36-26-39(81-34-79-4)27-42(48(36)40)51-50(62)52-43(28-63-51)54(72-17-6-18-74-46(31-72)49(60)53(67-74)57(78)68(2)3)66-58(65-52)80-33-59(15-16-59)32-70-19-13-35(14-20-70)29-69-21-23-71(24-22-69)38-8-9-41-37(25-38)30-73(56(41)77)45-11-12-47(75)64-55(45)76/h7-10,25-28,35,45H,5-6,11-24,29-34H2,1-4H3,(H,64,75,76)/t45-/m1/s1. The number of amides is 4. The van der Waals surface area contributed by atoms with Crippen molar-refractivity contribution in [2.45, 2.75) is 84.0 Å². The van der Waals surface area contributed by atoms with Gasteiger partial charge in [0.1, 0.15) is 34.6 Å². The molecule has 0 bridgehead atoms. The number of aryl methyl sites for hydroxylation is 2. The monoisotopic (exact) mass is 1130 g/mol. The normalized spacial score (nSPS) is 19.7. The Balaban J connectivity index is 0.732. The molecule has 1 N–H and O–H groups in total. The molecular formula is C59H67ClF2N12O7. The Hall–Kier alpha value is -7.07. The van der Waals surface area contributed by atoms with Crippen molar-refractivity contribution in [3.8, 4) is 23.0 Å². The number of carbonyl (C=O) groups is 4. The number of hydrogen-bond donors (Lipinski definition) is 1. The predicted molar refractivity (Wildman–Crippen MR) is 300 cm³/mol. The highest BCUT2D eigenvalue weighted by atomic mass is 35.5. The van der Waals surface area contributed by atoms with Crippen molar-refractivity contribution in [2.24, 2.45) is 11.3 Å². The van der Waals surface area contributed by atoms with Crippen LogP contribution in [-0.2, 0) is 40.4 Å². The Bertz CT molecular complexity index is 3470.